The summed E-state index contributed by atoms with van der Waals surface area (Å²) >= 11 is 0. The number of benzene rings is 8. The Hall–Kier alpha value is -7.83. The Morgan fingerprint density at radius 2 is 0.860 bits per heavy atom. The molecule has 0 aliphatic heterocycles. The SMILES string of the molecule is c1ccc(-c2nc(-c3ccccc3)nc(-n3c4ccccc4c4c5c6ccccc6n(-c6cccc(-c7ccc8oc9ccccc9c8c7)c6)c5ccc43)n2)cc1. The van der Waals surface area contributed by atoms with E-state index in [9.17, 15) is 0 Å². The van der Waals surface area contributed by atoms with Crippen LogP contribution in [-0.2, 0) is 0 Å². The molecule has 0 aliphatic carbocycles. The number of nitrogens with zero attached hydrogens (tertiary/aromatic N) is 5. The van der Waals surface area contributed by atoms with Crippen molar-refractivity contribution in [3.8, 4) is 45.5 Å². The zero-order chi connectivity index (χ0) is 37.5. The van der Waals surface area contributed by atoms with Crippen molar-refractivity contribution in [2.24, 2.45) is 0 Å². The van der Waals surface area contributed by atoms with E-state index in [0.29, 0.717) is 17.6 Å². The van der Waals surface area contributed by atoms with Crippen molar-refractivity contribution in [2.45, 2.75) is 0 Å². The molecule has 0 N–H and O–H groups in total. The number of furan rings is 1. The van der Waals surface area contributed by atoms with Gasteiger partial charge < -0.3 is 8.98 Å². The number of hydrogen-bond donors (Lipinski definition) is 0. The first-order valence-electron chi connectivity index (χ1n) is 19.1. The maximum Gasteiger partial charge on any atom is 0.238 e. The molecule has 57 heavy (non-hydrogen) atoms. The number of para-hydroxylation sites is 3. The van der Waals surface area contributed by atoms with Crippen LogP contribution in [0, 0.1) is 0 Å². The molecule has 266 valence electrons. The van der Waals surface area contributed by atoms with Gasteiger partial charge in [0.1, 0.15) is 11.2 Å². The van der Waals surface area contributed by atoms with Crippen LogP contribution in [0.4, 0.5) is 0 Å². The minimum absolute atomic E-state index is 0.576. The van der Waals surface area contributed by atoms with Gasteiger partial charge in [0.05, 0.1) is 22.1 Å². The van der Waals surface area contributed by atoms with Gasteiger partial charge in [-0.15, -0.1) is 0 Å². The zero-order valence-corrected chi connectivity index (χ0v) is 30.5. The van der Waals surface area contributed by atoms with E-state index in [2.05, 4.69) is 124 Å². The Morgan fingerprint density at radius 1 is 0.333 bits per heavy atom. The lowest BCUT2D eigenvalue weighted by Crippen LogP contribution is -2.06. The molecule has 4 aromatic heterocycles. The average Bonchev–Trinajstić information content (AvgIpc) is 3.94. The van der Waals surface area contributed by atoms with Crippen LogP contribution < -0.4 is 0 Å². The summed E-state index contributed by atoms with van der Waals surface area (Å²) in [6, 6.07) is 65.6. The van der Waals surface area contributed by atoms with E-state index < -0.39 is 0 Å². The highest BCUT2D eigenvalue weighted by molar-refractivity contribution is 6.28. The van der Waals surface area contributed by atoms with Crippen LogP contribution in [0.5, 0.6) is 0 Å². The largest absolute Gasteiger partial charge is 0.456 e. The molecular weight excluding hydrogens is 699 g/mol. The summed E-state index contributed by atoms with van der Waals surface area (Å²) in [5.74, 6) is 1.83. The van der Waals surface area contributed by atoms with Crippen LogP contribution in [0.25, 0.3) is 111 Å². The van der Waals surface area contributed by atoms with Crippen molar-refractivity contribution >= 4 is 65.6 Å². The lowest BCUT2D eigenvalue weighted by Gasteiger charge is -2.12. The third-order valence-electron chi connectivity index (χ3n) is 11.2. The van der Waals surface area contributed by atoms with Gasteiger partial charge in [0.25, 0.3) is 0 Å². The zero-order valence-electron chi connectivity index (χ0n) is 30.5. The van der Waals surface area contributed by atoms with Crippen molar-refractivity contribution < 1.29 is 4.42 Å². The molecule has 0 amide bonds. The van der Waals surface area contributed by atoms with Gasteiger partial charge in [0.2, 0.25) is 5.95 Å². The Labute approximate surface area is 326 Å². The first-order chi connectivity index (χ1) is 28.3. The summed E-state index contributed by atoms with van der Waals surface area (Å²) in [6.45, 7) is 0. The van der Waals surface area contributed by atoms with Gasteiger partial charge in [0, 0.05) is 49.1 Å². The Kier molecular flexibility index (Phi) is 6.83. The third kappa shape index (κ3) is 4.87. The molecule has 12 aromatic rings. The van der Waals surface area contributed by atoms with Gasteiger partial charge in [-0.05, 0) is 65.7 Å². The van der Waals surface area contributed by atoms with E-state index in [0.717, 1.165) is 82.7 Å². The Bertz CT molecular complexity index is 3470. The Balaban J connectivity index is 1.10. The fourth-order valence-electron chi connectivity index (χ4n) is 8.64. The minimum Gasteiger partial charge on any atom is -0.456 e. The number of rotatable bonds is 5. The van der Waals surface area contributed by atoms with Crippen LogP contribution in [0.3, 0.4) is 0 Å². The first-order valence-corrected chi connectivity index (χ1v) is 19.1. The van der Waals surface area contributed by atoms with E-state index in [4.69, 9.17) is 19.4 Å². The van der Waals surface area contributed by atoms with E-state index in [1.54, 1.807) is 0 Å². The van der Waals surface area contributed by atoms with Crippen LogP contribution in [0.1, 0.15) is 0 Å². The predicted octanol–water partition coefficient (Wildman–Crippen LogP) is 13.0. The fourth-order valence-corrected chi connectivity index (χ4v) is 8.64. The van der Waals surface area contributed by atoms with Crippen molar-refractivity contribution in [1.82, 2.24) is 24.1 Å². The first kappa shape index (κ1) is 31.5. The molecule has 6 nitrogen and oxygen atoms in total. The standard InChI is InChI=1S/C51H31N5O/c1-3-14-32(15-4-1)49-52-50(33-16-5-2-6-17-33)54-51(53-49)56-42-24-11-8-22-39(42)48-44(56)28-27-43-47(48)38-21-7-10-23-41(38)55(43)36-19-13-18-34(30-36)35-26-29-46-40(31-35)37-20-9-12-25-45(37)57-46/h1-31H. The molecule has 0 saturated heterocycles. The van der Waals surface area contributed by atoms with Crippen LogP contribution >= 0.6 is 0 Å². The predicted molar refractivity (Wildman–Crippen MR) is 232 cm³/mol. The van der Waals surface area contributed by atoms with E-state index >= 15 is 0 Å². The van der Waals surface area contributed by atoms with Gasteiger partial charge in [-0.2, -0.15) is 9.97 Å². The highest BCUT2D eigenvalue weighted by Gasteiger charge is 2.23. The number of aromatic nitrogens is 5. The molecule has 0 fully saturated rings. The molecular formula is C51H31N5O. The van der Waals surface area contributed by atoms with Gasteiger partial charge in [-0.25, -0.2) is 4.98 Å². The van der Waals surface area contributed by atoms with Crippen LogP contribution in [-0.4, -0.2) is 24.1 Å². The second-order valence-electron chi connectivity index (χ2n) is 14.4. The summed E-state index contributed by atoms with van der Waals surface area (Å²) in [6.07, 6.45) is 0. The quantitative estimate of drug-likeness (QED) is 0.177. The smallest absolute Gasteiger partial charge is 0.238 e. The maximum atomic E-state index is 6.15. The molecule has 12 rings (SSSR count). The van der Waals surface area contributed by atoms with Crippen LogP contribution in [0.2, 0.25) is 0 Å². The lowest BCUT2D eigenvalue weighted by atomic mass is 10.0. The molecule has 0 spiro atoms. The summed E-state index contributed by atoms with van der Waals surface area (Å²) in [4.78, 5) is 15.3. The van der Waals surface area contributed by atoms with Crippen molar-refractivity contribution in [1.29, 1.82) is 0 Å². The van der Waals surface area contributed by atoms with Gasteiger partial charge in [-0.1, -0.05) is 133 Å². The van der Waals surface area contributed by atoms with Crippen molar-refractivity contribution in [3.63, 3.8) is 0 Å². The second-order valence-corrected chi connectivity index (χ2v) is 14.4. The van der Waals surface area contributed by atoms with Crippen LogP contribution in [0.15, 0.2) is 192 Å². The topological polar surface area (TPSA) is 61.7 Å². The maximum absolute atomic E-state index is 6.15. The third-order valence-corrected chi connectivity index (χ3v) is 11.2. The molecule has 0 atom stereocenters. The fraction of sp³-hybridized carbons (Fsp3) is 0. The number of hydrogen-bond acceptors (Lipinski definition) is 4. The normalized spacial score (nSPS) is 11.9. The summed E-state index contributed by atoms with van der Waals surface area (Å²) < 4.78 is 10.8. The lowest BCUT2D eigenvalue weighted by molar-refractivity contribution is 0.669. The van der Waals surface area contributed by atoms with Gasteiger partial charge in [-0.3, -0.25) is 4.57 Å². The minimum atomic E-state index is 0.576. The monoisotopic (exact) mass is 729 g/mol. The highest BCUT2D eigenvalue weighted by atomic mass is 16.3. The Morgan fingerprint density at radius 3 is 1.54 bits per heavy atom. The molecule has 4 heterocycles. The van der Waals surface area contributed by atoms with E-state index in [1.807, 2.05) is 72.8 Å². The average molecular weight is 730 g/mol. The van der Waals surface area contributed by atoms with E-state index in [-0.39, 0.29) is 0 Å². The van der Waals surface area contributed by atoms with Crippen molar-refractivity contribution in [3.05, 3.63) is 188 Å². The summed E-state index contributed by atoms with van der Waals surface area (Å²) in [7, 11) is 0. The molecule has 0 radical (unpaired) electrons. The second kappa shape index (κ2) is 12.3. The molecule has 0 saturated carbocycles. The molecule has 0 unspecified atom stereocenters. The molecule has 0 aliphatic rings. The van der Waals surface area contributed by atoms with Gasteiger partial charge in [0.15, 0.2) is 11.6 Å². The molecule has 0 bridgehead atoms. The van der Waals surface area contributed by atoms with Gasteiger partial charge >= 0.3 is 0 Å². The highest BCUT2D eigenvalue weighted by Crippen LogP contribution is 2.43. The summed E-state index contributed by atoms with van der Waals surface area (Å²) in [5.41, 5.74) is 11.4. The van der Waals surface area contributed by atoms with Crippen molar-refractivity contribution in [2.75, 3.05) is 0 Å². The van der Waals surface area contributed by atoms with E-state index in [1.165, 1.54) is 10.8 Å². The number of fused-ring (bicyclic) bond motifs is 10. The molecule has 6 heteroatoms. The molecule has 8 aromatic carbocycles. The summed E-state index contributed by atoms with van der Waals surface area (Å²) in [5, 5.41) is 6.92.